The van der Waals surface area contributed by atoms with E-state index in [1.165, 1.54) is 12.1 Å². The minimum absolute atomic E-state index is 0.0172. The van der Waals surface area contributed by atoms with E-state index in [-0.39, 0.29) is 23.7 Å². The highest BCUT2D eigenvalue weighted by Crippen LogP contribution is 2.24. The number of hydrogen-bond acceptors (Lipinski definition) is 4. The van der Waals surface area contributed by atoms with Gasteiger partial charge in [-0.1, -0.05) is 12.1 Å². The van der Waals surface area contributed by atoms with Crippen LogP contribution in [0.3, 0.4) is 0 Å². The fraction of sp³-hybridized carbons (Fsp3) is 0.333. The molecule has 2 aromatic rings. The average molecular weight is 329 g/mol. The number of nitrogens with zero attached hydrogens (tertiary/aromatic N) is 1. The van der Waals surface area contributed by atoms with Crippen molar-refractivity contribution < 1.29 is 13.9 Å². The van der Waals surface area contributed by atoms with Crippen molar-refractivity contribution in [1.82, 2.24) is 10.3 Å². The number of carbonyl (C=O) groups excluding carboxylic acids is 1. The Hall–Kier alpha value is -2.47. The summed E-state index contributed by atoms with van der Waals surface area (Å²) in [5.74, 6) is 0.462. The van der Waals surface area contributed by atoms with Crippen LogP contribution in [0.15, 0.2) is 42.6 Å². The molecule has 5 nitrogen and oxygen atoms in total. The molecule has 2 atom stereocenters. The highest BCUT2D eigenvalue weighted by atomic mass is 19.1. The first-order valence-corrected chi connectivity index (χ1v) is 8.02. The molecule has 0 radical (unpaired) electrons. The highest BCUT2D eigenvalue weighted by molar-refractivity contribution is 5.78. The van der Waals surface area contributed by atoms with E-state index in [1.807, 2.05) is 6.07 Å². The lowest BCUT2D eigenvalue weighted by atomic mass is 10.1. The second-order valence-corrected chi connectivity index (χ2v) is 6.05. The van der Waals surface area contributed by atoms with Crippen LogP contribution in [0, 0.1) is 11.7 Å². The Labute approximate surface area is 140 Å². The van der Waals surface area contributed by atoms with E-state index in [1.54, 1.807) is 24.4 Å². The lowest BCUT2D eigenvalue weighted by molar-refractivity contribution is -0.125. The third-order valence-corrected chi connectivity index (χ3v) is 4.13. The molecular formula is C18H20FN3O2. The van der Waals surface area contributed by atoms with Crippen molar-refractivity contribution in [1.29, 1.82) is 0 Å². The number of benzene rings is 1. The van der Waals surface area contributed by atoms with Crippen molar-refractivity contribution in [2.75, 3.05) is 0 Å². The molecule has 3 rings (SSSR count). The van der Waals surface area contributed by atoms with E-state index in [9.17, 15) is 9.18 Å². The number of amides is 1. The molecule has 6 heteroatoms. The number of pyridine rings is 1. The van der Waals surface area contributed by atoms with Gasteiger partial charge in [-0.05, 0) is 37.0 Å². The molecule has 0 saturated heterocycles. The van der Waals surface area contributed by atoms with Crippen LogP contribution in [0.5, 0.6) is 11.6 Å². The van der Waals surface area contributed by atoms with Gasteiger partial charge in [0.1, 0.15) is 11.6 Å². The number of rotatable bonds is 5. The summed E-state index contributed by atoms with van der Waals surface area (Å²) in [6.45, 7) is 0.415. The zero-order valence-electron chi connectivity index (χ0n) is 13.2. The minimum Gasteiger partial charge on any atom is -0.439 e. The predicted octanol–water partition coefficient (Wildman–Crippen LogP) is 2.76. The molecule has 2 unspecified atom stereocenters. The smallest absolute Gasteiger partial charge is 0.223 e. The number of halogens is 1. The van der Waals surface area contributed by atoms with Crippen LogP contribution in [-0.2, 0) is 11.3 Å². The molecule has 0 spiro atoms. The minimum atomic E-state index is -0.363. The van der Waals surface area contributed by atoms with Crippen LogP contribution >= 0.6 is 0 Å². The molecule has 1 aromatic heterocycles. The lowest BCUT2D eigenvalue weighted by Gasteiger charge is -2.11. The predicted molar refractivity (Wildman–Crippen MR) is 87.9 cm³/mol. The number of carbonyl (C=O) groups is 1. The molecule has 1 fully saturated rings. The van der Waals surface area contributed by atoms with E-state index in [0.29, 0.717) is 18.2 Å². The van der Waals surface area contributed by atoms with Crippen molar-refractivity contribution in [3.8, 4) is 11.6 Å². The quantitative estimate of drug-likeness (QED) is 0.884. The van der Waals surface area contributed by atoms with E-state index in [0.717, 1.165) is 24.8 Å². The van der Waals surface area contributed by atoms with Crippen LogP contribution in [0.4, 0.5) is 4.39 Å². The Bertz CT molecular complexity index is 706. The molecule has 1 aliphatic carbocycles. The molecule has 1 amide bonds. The van der Waals surface area contributed by atoms with Crippen LogP contribution < -0.4 is 15.8 Å². The van der Waals surface area contributed by atoms with Crippen molar-refractivity contribution in [2.24, 2.45) is 11.7 Å². The van der Waals surface area contributed by atoms with Crippen LogP contribution in [0.2, 0.25) is 0 Å². The fourth-order valence-corrected chi connectivity index (χ4v) is 2.82. The third kappa shape index (κ3) is 4.29. The second-order valence-electron chi connectivity index (χ2n) is 6.05. The van der Waals surface area contributed by atoms with E-state index < -0.39 is 0 Å². The zero-order chi connectivity index (χ0) is 16.9. The van der Waals surface area contributed by atoms with Gasteiger partial charge in [-0.3, -0.25) is 4.79 Å². The Kier molecular flexibility index (Phi) is 5.05. The number of aromatic nitrogens is 1. The second kappa shape index (κ2) is 7.40. The van der Waals surface area contributed by atoms with Gasteiger partial charge < -0.3 is 15.8 Å². The summed E-state index contributed by atoms with van der Waals surface area (Å²) in [7, 11) is 0. The SMILES string of the molecule is NC1CCC(C(=O)NCc2ccc(Oc3cccc(F)c3)nc2)C1. The van der Waals surface area contributed by atoms with Gasteiger partial charge in [-0.2, -0.15) is 0 Å². The number of nitrogens with one attached hydrogen (secondary N) is 1. The first-order chi connectivity index (χ1) is 11.6. The maximum Gasteiger partial charge on any atom is 0.223 e. The molecule has 1 saturated carbocycles. The Morgan fingerprint density at radius 3 is 2.88 bits per heavy atom. The van der Waals surface area contributed by atoms with Gasteiger partial charge in [0, 0.05) is 36.8 Å². The monoisotopic (exact) mass is 329 g/mol. The Morgan fingerprint density at radius 1 is 1.33 bits per heavy atom. The van der Waals surface area contributed by atoms with Crippen molar-refractivity contribution in [3.05, 3.63) is 54.0 Å². The average Bonchev–Trinajstić information content (AvgIpc) is 3.01. The maximum absolute atomic E-state index is 13.1. The summed E-state index contributed by atoms with van der Waals surface area (Å²) < 4.78 is 18.6. The van der Waals surface area contributed by atoms with Gasteiger partial charge >= 0.3 is 0 Å². The fourth-order valence-electron chi connectivity index (χ4n) is 2.82. The molecular weight excluding hydrogens is 309 g/mol. The van der Waals surface area contributed by atoms with Gasteiger partial charge in [0.25, 0.3) is 0 Å². The maximum atomic E-state index is 13.1. The van der Waals surface area contributed by atoms with Gasteiger partial charge in [0.15, 0.2) is 0 Å². The van der Waals surface area contributed by atoms with Gasteiger partial charge in [0.05, 0.1) is 0 Å². The molecule has 1 aromatic carbocycles. The summed E-state index contributed by atoms with van der Waals surface area (Å²) in [6, 6.07) is 9.53. The largest absolute Gasteiger partial charge is 0.439 e. The van der Waals surface area contributed by atoms with Crippen molar-refractivity contribution in [2.45, 2.75) is 31.8 Å². The first-order valence-electron chi connectivity index (χ1n) is 8.02. The molecule has 0 bridgehead atoms. The normalized spacial score (nSPS) is 19.9. The van der Waals surface area contributed by atoms with Gasteiger partial charge in [-0.25, -0.2) is 9.37 Å². The standard InChI is InChI=1S/C18H20FN3O2/c19-14-2-1-3-16(9-14)24-17-7-4-12(10-21-17)11-22-18(23)13-5-6-15(20)8-13/h1-4,7,9-10,13,15H,5-6,8,11,20H2,(H,22,23). The van der Waals surface area contributed by atoms with Crippen LogP contribution in [-0.4, -0.2) is 16.9 Å². The first kappa shape index (κ1) is 16.4. The third-order valence-electron chi connectivity index (χ3n) is 4.13. The summed E-state index contributed by atoms with van der Waals surface area (Å²) in [4.78, 5) is 16.2. The summed E-state index contributed by atoms with van der Waals surface area (Å²) in [5, 5.41) is 2.91. The number of hydrogen-bond donors (Lipinski definition) is 2. The Balaban J connectivity index is 1.52. The topological polar surface area (TPSA) is 77.2 Å². The Morgan fingerprint density at radius 2 is 2.21 bits per heavy atom. The van der Waals surface area contributed by atoms with E-state index in [4.69, 9.17) is 10.5 Å². The molecule has 126 valence electrons. The molecule has 1 heterocycles. The van der Waals surface area contributed by atoms with Crippen molar-refractivity contribution in [3.63, 3.8) is 0 Å². The molecule has 3 N–H and O–H groups in total. The molecule has 0 aliphatic heterocycles. The zero-order valence-corrected chi connectivity index (χ0v) is 13.2. The lowest BCUT2D eigenvalue weighted by Crippen LogP contribution is -2.30. The highest BCUT2D eigenvalue weighted by Gasteiger charge is 2.27. The van der Waals surface area contributed by atoms with Crippen LogP contribution in [0.1, 0.15) is 24.8 Å². The van der Waals surface area contributed by atoms with E-state index >= 15 is 0 Å². The number of nitrogens with two attached hydrogens (primary N) is 1. The van der Waals surface area contributed by atoms with Gasteiger partial charge in [0.2, 0.25) is 11.8 Å². The molecule has 24 heavy (non-hydrogen) atoms. The summed E-state index contributed by atoms with van der Waals surface area (Å²) in [6.07, 6.45) is 4.15. The molecule has 1 aliphatic rings. The van der Waals surface area contributed by atoms with Crippen LogP contribution in [0.25, 0.3) is 0 Å². The summed E-state index contributed by atoms with van der Waals surface area (Å²) in [5.41, 5.74) is 6.70. The van der Waals surface area contributed by atoms with E-state index in [2.05, 4.69) is 10.3 Å². The van der Waals surface area contributed by atoms with Gasteiger partial charge in [-0.15, -0.1) is 0 Å². The summed E-state index contributed by atoms with van der Waals surface area (Å²) >= 11 is 0. The van der Waals surface area contributed by atoms with Crippen molar-refractivity contribution >= 4 is 5.91 Å². The number of ether oxygens (including phenoxy) is 1.